The summed E-state index contributed by atoms with van der Waals surface area (Å²) in [5.41, 5.74) is 1.43. The topological polar surface area (TPSA) is 15.3 Å². The van der Waals surface area contributed by atoms with Crippen LogP contribution in [0, 0.1) is 11.8 Å². The van der Waals surface area contributed by atoms with E-state index in [4.69, 9.17) is 0 Å². The fourth-order valence-electron chi connectivity index (χ4n) is 3.19. The first-order valence-corrected chi connectivity index (χ1v) is 7.26. The van der Waals surface area contributed by atoms with E-state index >= 15 is 0 Å². The van der Waals surface area contributed by atoms with E-state index in [2.05, 4.69) is 50.4 Å². The molecule has 2 fully saturated rings. The van der Waals surface area contributed by atoms with Gasteiger partial charge in [0.1, 0.15) is 0 Å². The second-order valence-corrected chi connectivity index (χ2v) is 6.36. The zero-order valence-electron chi connectivity index (χ0n) is 10.0. The lowest BCUT2D eigenvalue weighted by Gasteiger charge is -2.41. The number of hydrogen-bond donors (Lipinski definition) is 1. The van der Waals surface area contributed by atoms with Gasteiger partial charge in [0, 0.05) is 24.1 Å². The molecule has 2 aliphatic rings. The van der Waals surface area contributed by atoms with Crippen molar-refractivity contribution in [3.8, 4) is 0 Å². The summed E-state index contributed by atoms with van der Waals surface area (Å²) in [6, 6.07) is 8.74. The quantitative estimate of drug-likeness (QED) is 0.902. The number of nitrogens with zero attached hydrogens (tertiary/aromatic N) is 1. The Bertz CT molecular complexity index is 364. The predicted molar refractivity (Wildman–Crippen MR) is 73.9 cm³/mol. The number of fused-ring (bicyclic) bond motifs is 2. The number of halogens is 1. The maximum Gasteiger partial charge on any atom is 0.0233 e. The van der Waals surface area contributed by atoms with Gasteiger partial charge in [0.2, 0.25) is 0 Å². The second-order valence-electron chi connectivity index (χ2n) is 5.45. The van der Waals surface area contributed by atoms with Gasteiger partial charge in [-0.2, -0.15) is 0 Å². The van der Waals surface area contributed by atoms with Gasteiger partial charge in [-0.3, -0.25) is 4.90 Å². The molecule has 2 nitrogen and oxygen atoms in total. The number of piperidine rings is 2. The van der Waals surface area contributed by atoms with Gasteiger partial charge in [-0.05, 0) is 49.0 Å². The molecule has 2 bridgehead atoms. The number of likely N-dealkylation sites (tertiary alicyclic amines) is 1. The lowest BCUT2D eigenvalue weighted by molar-refractivity contribution is 0.0917. The van der Waals surface area contributed by atoms with Crippen LogP contribution in [-0.2, 0) is 6.54 Å². The van der Waals surface area contributed by atoms with Gasteiger partial charge in [-0.15, -0.1) is 0 Å². The minimum absolute atomic E-state index is 0.873. The van der Waals surface area contributed by atoms with E-state index in [-0.39, 0.29) is 0 Å². The molecule has 1 aromatic rings. The van der Waals surface area contributed by atoms with Crippen molar-refractivity contribution in [3.05, 3.63) is 34.3 Å². The molecule has 92 valence electrons. The van der Waals surface area contributed by atoms with E-state index in [0.29, 0.717) is 0 Å². The first-order valence-electron chi connectivity index (χ1n) is 6.47. The van der Waals surface area contributed by atoms with Crippen molar-refractivity contribution in [2.45, 2.75) is 13.0 Å². The highest BCUT2D eigenvalue weighted by Crippen LogP contribution is 2.25. The molecular formula is C14H19BrN2. The molecule has 2 aliphatic heterocycles. The molecule has 0 amide bonds. The summed E-state index contributed by atoms with van der Waals surface area (Å²) in [6.45, 7) is 6.07. The summed E-state index contributed by atoms with van der Waals surface area (Å²) in [5.74, 6) is 1.75. The number of benzene rings is 1. The van der Waals surface area contributed by atoms with Gasteiger partial charge in [-0.1, -0.05) is 28.1 Å². The molecule has 2 atom stereocenters. The Morgan fingerprint density at radius 2 is 1.76 bits per heavy atom. The molecule has 0 aromatic heterocycles. The van der Waals surface area contributed by atoms with E-state index in [1.807, 2.05) is 0 Å². The molecule has 1 aromatic carbocycles. The van der Waals surface area contributed by atoms with Crippen LogP contribution in [-0.4, -0.2) is 31.1 Å². The molecular weight excluding hydrogens is 276 g/mol. The van der Waals surface area contributed by atoms with E-state index in [1.54, 1.807) is 0 Å². The number of hydrogen-bond acceptors (Lipinski definition) is 2. The van der Waals surface area contributed by atoms with Crippen LogP contribution in [0.25, 0.3) is 0 Å². The Morgan fingerprint density at radius 1 is 1.12 bits per heavy atom. The third kappa shape index (κ3) is 2.90. The second kappa shape index (κ2) is 5.09. The average molecular weight is 295 g/mol. The van der Waals surface area contributed by atoms with Gasteiger partial charge in [0.15, 0.2) is 0 Å². The summed E-state index contributed by atoms with van der Waals surface area (Å²) >= 11 is 3.49. The van der Waals surface area contributed by atoms with Crippen molar-refractivity contribution in [2.24, 2.45) is 11.8 Å². The molecule has 2 heterocycles. The van der Waals surface area contributed by atoms with Gasteiger partial charge in [0.25, 0.3) is 0 Å². The third-order valence-electron chi connectivity index (χ3n) is 3.88. The van der Waals surface area contributed by atoms with Crippen LogP contribution in [0.4, 0.5) is 0 Å². The largest absolute Gasteiger partial charge is 0.316 e. The summed E-state index contributed by atoms with van der Waals surface area (Å²) in [7, 11) is 0. The predicted octanol–water partition coefficient (Wildman–Crippen LogP) is 2.49. The Morgan fingerprint density at radius 3 is 2.41 bits per heavy atom. The van der Waals surface area contributed by atoms with Gasteiger partial charge < -0.3 is 5.32 Å². The van der Waals surface area contributed by atoms with E-state index in [9.17, 15) is 0 Å². The minimum Gasteiger partial charge on any atom is -0.316 e. The Kier molecular flexibility index (Phi) is 3.50. The van der Waals surface area contributed by atoms with Crippen LogP contribution in [0.3, 0.4) is 0 Å². The SMILES string of the molecule is Brc1ccc(CN2CC3CNCC(C3)C2)cc1. The first-order chi connectivity index (χ1) is 8.29. The average Bonchev–Trinajstić information content (AvgIpc) is 2.32. The summed E-state index contributed by atoms with van der Waals surface area (Å²) in [5, 5.41) is 3.55. The maximum absolute atomic E-state index is 3.55. The van der Waals surface area contributed by atoms with Gasteiger partial charge >= 0.3 is 0 Å². The minimum atomic E-state index is 0.873. The molecule has 0 saturated carbocycles. The Labute approximate surface area is 112 Å². The zero-order chi connectivity index (χ0) is 11.7. The summed E-state index contributed by atoms with van der Waals surface area (Å²) < 4.78 is 1.17. The molecule has 1 N–H and O–H groups in total. The van der Waals surface area contributed by atoms with E-state index in [1.165, 1.54) is 42.6 Å². The molecule has 0 radical (unpaired) electrons. The highest BCUT2D eigenvalue weighted by atomic mass is 79.9. The summed E-state index contributed by atoms with van der Waals surface area (Å²) in [4.78, 5) is 2.63. The first kappa shape index (κ1) is 11.7. The molecule has 17 heavy (non-hydrogen) atoms. The molecule has 0 aliphatic carbocycles. The van der Waals surface area contributed by atoms with Crippen molar-refractivity contribution in [2.75, 3.05) is 26.2 Å². The Balaban J connectivity index is 1.63. The van der Waals surface area contributed by atoms with E-state index < -0.39 is 0 Å². The maximum atomic E-state index is 3.55. The van der Waals surface area contributed by atoms with E-state index in [0.717, 1.165) is 18.4 Å². The van der Waals surface area contributed by atoms with Crippen LogP contribution in [0.2, 0.25) is 0 Å². The molecule has 3 rings (SSSR count). The van der Waals surface area contributed by atoms with Gasteiger partial charge in [0.05, 0.1) is 0 Å². The van der Waals surface area contributed by atoms with Crippen LogP contribution < -0.4 is 5.32 Å². The van der Waals surface area contributed by atoms with Crippen LogP contribution in [0.15, 0.2) is 28.7 Å². The highest BCUT2D eigenvalue weighted by Gasteiger charge is 2.29. The standard InChI is InChI=1S/C14H19BrN2/c15-14-3-1-11(2-4-14)8-17-9-12-5-13(10-17)7-16-6-12/h1-4,12-13,16H,5-10H2. The number of nitrogens with one attached hydrogen (secondary N) is 1. The van der Waals surface area contributed by atoms with Gasteiger partial charge in [-0.25, -0.2) is 0 Å². The lowest BCUT2D eigenvalue weighted by Crippen LogP contribution is -2.50. The van der Waals surface area contributed by atoms with Crippen LogP contribution in [0.1, 0.15) is 12.0 Å². The van der Waals surface area contributed by atoms with Crippen molar-refractivity contribution < 1.29 is 0 Å². The number of rotatable bonds is 2. The monoisotopic (exact) mass is 294 g/mol. The molecule has 0 spiro atoms. The van der Waals surface area contributed by atoms with Crippen molar-refractivity contribution in [1.82, 2.24) is 10.2 Å². The van der Waals surface area contributed by atoms with Crippen molar-refractivity contribution >= 4 is 15.9 Å². The fraction of sp³-hybridized carbons (Fsp3) is 0.571. The molecule has 2 unspecified atom stereocenters. The lowest BCUT2D eigenvalue weighted by atomic mass is 9.86. The van der Waals surface area contributed by atoms with Crippen LogP contribution in [0.5, 0.6) is 0 Å². The molecule has 3 heteroatoms. The smallest absolute Gasteiger partial charge is 0.0233 e. The highest BCUT2D eigenvalue weighted by molar-refractivity contribution is 9.10. The van der Waals surface area contributed by atoms with Crippen molar-refractivity contribution in [3.63, 3.8) is 0 Å². The van der Waals surface area contributed by atoms with Crippen LogP contribution >= 0.6 is 15.9 Å². The van der Waals surface area contributed by atoms with Crippen molar-refractivity contribution in [1.29, 1.82) is 0 Å². The molecule has 2 saturated heterocycles. The third-order valence-corrected chi connectivity index (χ3v) is 4.41. The fourth-order valence-corrected chi connectivity index (χ4v) is 3.45. The Hall–Kier alpha value is -0.380. The summed E-state index contributed by atoms with van der Waals surface area (Å²) in [6.07, 6.45) is 1.43. The normalized spacial score (nSPS) is 29.2. The zero-order valence-corrected chi connectivity index (χ0v) is 11.6.